The molecular weight excluding hydrogens is 632 g/mol. The first-order chi connectivity index (χ1) is 24.1. The van der Waals surface area contributed by atoms with Crippen LogP contribution in [0.3, 0.4) is 0 Å². The van der Waals surface area contributed by atoms with Crippen molar-refractivity contribution in [1.82, 2.24) is 0 Å². The maximum Gasteiger partial charge on any atom is 0.379 e. The van der Waals surface area contributed by atoms with Crippen LogP contribution in [0.2, 0.25) is 0 Å². The Morgan fingerprint density at radius 2 is 0.776 bits per heavy atom. The van der Waals surface area contributed by atoms with Gasteiger partial charge in [0.25, 0.3) is 5.78 Å². The number of carbonyl (C=O) groups excluding carboxylic acids is 3. The summed E-state index contributed by atoms with van der Waals surface area (Å²) >= 11 is 0. The van der Waals surface area contributed by atoms with E-state index in [9.17, 15) is 14.4 Å². The van der Waals surface area contributed by atoms with Gasteiger partial charge >= 0.3 is 11.9 Å². The van der Waals surface area contributed by atoms with Crippen molar-refractivity contribution < 1.29 is 52.3 Å². The molecule has 11 heteroatoms. The molecule has 0 bridgehead atoms. The van der Waals surface area contributed by atoms with Gasteiger partial charge in [-0.1, -0.05) is 114 Å². The first-order valence-corrected chi connectivity index (χ1v) is 18.5. The Morgan fingerprint density at radius 1 is 0.429 bits per heavy atom. The van der Waals surface area contributed by atoms with Gasteiger partial charge in [0.15, 0.2) is 0 Å². The Bertz CT molecular complexity index is 897. The molecule has 0 heterocycles. The SMILES string of the molecule is CCCCCCCCCCCCCCCC(=O)OCCOCCOCCOCCOCCOCCOCCOC(=O)C(=O)c1ccccc1. The Morgan fingerprint density at radius 3 is 1.18 bits per heavy atom. The molecule has 0 spiro atoms. The minimum atomic E-state index is -0.896. The molecule has 1 aromatic rings. The van der Waals surface area contributed by atoms with Crippen molar-refractivity contribution >= 4 is 17.7 Å². The summed E-state index contributed by atoms with van der Waals surface area (Å²) in [4.78, 5) is 35.5. The molecule has 0 aliphatic carbocycles. The minimum Gasteiger partial charge on any atom is -0.463 e. The van der Waals surface area contributed by atoms with Crippen LogP contribution in [-0.2, 0) is 47.5 Å². The minimum absolute atomic E-state index is 0.00241. The Kier molecular flexibility index (Phi) is 32.2. The van der Waals surface area contributed by atoms with Gasteiger partial charge in [-0.25, -0.2) is 4.79 Å². The van der Waals surface area contributed by atoms with Crippen LogP contribution in [-0.4, -0.2) is 110 Å². The largest absolute Gasteiger partial charge is 0.463 e. The van der Waals surface area contributed by atoms with E-state index in [1.165, 1.54) is 70.6 Å². The molecule has 0 atom stereocenters. The van der Waals surface area contributed by atoms with E-state index in [0.717, 1.165) is 12.8 Å². The molecule has 0 radical (unpaired) electrons. The van der Waals surface area contributed by atoms with Gasteiger partial charge in [-0.05, 0) is 6.42 Å². The lowest BCUT2D eigenvalue weighted by atomic mass is 10.0. The molecular formula is C38H64O11. The highest BCUT2D eigenvalue weighted by Crippen LogP contribution is 2.13. The average molecular weight is 697 g/mol. The molecule has 0 amide bonds. The van der Waals surface area contributed by atoms with Gasteiger partial charge < -0.3 is 37.9 Å². The van der Waals surface area contributed by atoms with Crippen LogP contribution in [0.4, 0.5) is 0 Å². The number of hydrogen-bond donors (Lipinski definition) is 0. The molecule has 1 aromatic carbocycles. The molecule has 1 rings (SSSR count). The van der Waals surface area contributed by atoms with Crippen molar-refractivity contribution in [2.75, 3.05) is 92.5 Å². The van der Waals surface area contributed by atoms with E-state index in [4.69, 9.17) is 37.9 Å². The van der Waals surface area contributed by atoms with E-state index in [2.05, 4.69) is 6.92 Å². The third-order valence-corrected chi connectivity index (χ3v) is 7.52. The summed E-state index contributed by atoms with van der Waals surface area (Å²) in [6.45, 7) is 7.38. The molecule has 0 aliphatic rings. The van der Waals surface area contributed by atoms with Crippen LogP contribution in [0.1, 0.15) is 107 Å². The van der Waals surface area contributed by atoms with E-state index in [1.54, 1.807) is 30.3 Å². The van der Waals surface area contributed by atoms with E-state index in [1.807, 2.05) is 0 Å². The second kappa shape index (κ2) is 35.4. The molecule has 0 aliphatic heterocycles. The van der Waals surface area contributed by atoms with Crippen molar-refractivity contribution in [1.29, 1.82) is 0 Å². The van der Waals surface area contributed by atoms with E-state index < -0.39 is 11.8 Å². The second-order valence-corrected chi connectivity index (χ2v) is 11.7. The van der Waals surface area contributed by atoms with Crippen molar-refractivity contribution in [2.45, 2.75) is 96.8 Å². The predicted molar refractivity (Wildman–Crippen MR) is 188 cm³/mol. The Hall–Kier alpha value is -2.41. The van der Waals surface area contributed by atoms with Gasteiger partial charge in [-0.2, -0.15) is 0 Å². The number of rotatable bonds is 37. The number of carbonyl (C=O) groups is 3. The maximum atomic E-state index is 11.9. The van der Waals surface area contributed by atoms with Gasteiger partial charge in [-0.15, -0.1) is 0 Å². The fraction of sp³-hybridized carbons (Fsp3) is 0.763. The zero-order valence-corrected chi connectivity index (χ0v) is 30.2. The first-order valence-electron chi connectivity index (χ1n) is 18.5. The van der Waals surface area contributed by atoms with Crippen molar-refractivity contribution in [3.05, 3.63) is 35.9 Å². The van der Waals surface area contributed by atoms with Crippen LogP contribution in [0, 0.1) is 0 Å². The lowest BCUT2D eigenvalue weighted by Gasteiger charge is -2.09. The quantitative estimate of drug-likeness (QED) is 0.0326. The normalized spacial score (nSPS) is 11.1. The smallest absolute Gasteiger partial charge is 0.379 e. The molecule has 11 nitrogen and oxygen atoms in total. The number of hydrogen-bond acceptors (Lipinski definition) is 11. The number of benzene rings is 1. The highest BCUT2D eigenvalue weighted by atomic mass is 16.6. The summed E-state index contributed by atoms with van der Waals surface area (Å²) in [5.74, 6) is -1.71. The number of ether oxygens (including phenoxy) is 8. The van der Waals surface area contributed by atoms with Gasteiger partial charge in [0.2, 0.25) is 0 Å². The molecule has 49 heavy (non-hydrogen) atoms. The molecule has 0 saturated carbocycles. The number of esters is 2. The van der Waals surface area contributed by atoms with E-state index in [-0.39, 0.29) is 25.8 Å². The molecule has 0 saturated heterocycles. The summed E-state index contributed by atoms with van der Waals surface area (Å²) in [6.07, 6.45) is 17.2. The lowest BCUT2D eigenvalue weighted by molar-refractivity contribution is -0.145. The average Bonchev–Trinajstić information content (AvgIpc) is 3.12. The summed E-state index contributed by atoms with van der Waals surface area (Å²) < 4.78 is 42.7. The fourth-order valence-electron chi connectivity index (χ4n) is 4.74. The summed E-state index contributed by atoms with van der Waals surface area (Å²) in [5.41, 5.74) is 0.296. The number of ketones is 1. The lowest BCUT2D eigenvalue weighted by Crippen LogP contribution is -2.20. The Balaban J connectivity index is 1.70. The van der Waals surface area contributed by atoms with E-state index in [0.29, 0.717) is 84.7 Å². The molecule has 0 N–H and O–H groups in total. The highest BCUT2D eigenvalue weighted by Gasteiger charge is 2.17. The summed E-state index contributed by atoms with van der Waals surface area (Å²) in [6, 6.07) is 8.26. The van der Waals surface area contributed by atoms with Crippen LogP contribution in [0.15, 0.2) is 30.3 Å². The zero-order valence-electron chi connectivity index (χ0n) is 30.2. The number of unbranched alkanes of at least 4 members (excludes halogenated alkanes) is 12. The first kappa shape index (κ1) is 44.6. The van der Waals surface area contributed by atoms with Crippen LogP contribution < -0.4 is 0 Å². The van der Waals surface area contributed by atoms with Crippen molar-refractivity contribution in [3.63, 3.8) is 0 Å². The molecule has 0 fully saturated rings. The second-order valence-electron chi connectivity index (χ2n) is 11.7. The van der Waals surface area contributed by atoms with Gasteiger partial charge in [0.1, 0.15) is 13.2 Å². The van der Waals surface area contributed by atoms with Gasteiger partial charge in [0, 0.05) is 12.0 Å². The fourth-order valence-corrected chi connectivity index (χ4v) is 4.74. The molecule has 282 valence electrons. The monoisotopic (exact) mass is 696 g/mol. The zero-order chi connectivity index (χ0) is 35.3. The number of Topliss-reactive ketones (excluding diaryl/α,β-unsaturated/α-hetero) is 1. The third kappa shape index (κ3) is 30.2. The topological polar surface area (TPSA) is 125 Å². The predicted octanol–water partition coefficient (Wildman–Crippen LogP) is 6.54. The molecule has 0 unspecified atom stereocenters. The highest BCUT2D eigenvalue weighted by molar-refractivity contribution is 6.40. The van der Waals surface area contributed by atoms with Crippen molar-refractivity contribution in [3.8, 4) is 0 Å². The summed E-state index contributed by atoms with van der Waals surface area (Å²) in [5, 5.41) is 0. The van der Waals surface area contributed by atoms with Crippen molar-refractivity contribution in [2.24, 2.45) is 0 Å². The van der Waals surface area contributed by atoms with Crippen LogP contribution >= 0.6 is 0 Å². The Labute approximate surface area is 295 Å². The van der Waals surface area contributed by atoms with Gasteiger partial charge in [0.05, 0.1) is 79.3 Å². The van der Waals surface area contributed by atoms with Crippen LogP contribution in [0.25, 0.3) is 0 Å². The van der Waals surface area contributed by atoms with E-state index >= 15 is 0 Å². The van der Waals surface area contributed by atoms with Gasteiger partial charge in [-0.3, -0.25) is 9.59 Å². The maximum absolute atomic E-state index is 11.9. The summed E-state index contributed by atoms with van der Waals surface area (Å²) in [7, 11) is 0. The molecule has 0 aromatic heterocycles. The standard InChI is InChI=1S/C38H64O11/c1-2-3-4-5-6-7-8-9-10-11-12-13-17-20-36(39)48-33-31-46-29-27-44-25-23-42-21-22-43-24-26-45-28-30-47-32-34-49-38(41)37(40)35-18-15-14-16-19-35/h14-16,18-19H,2-13,17,20-34H2,1H3. The third-order valence-electron chi connectivity index (χ3n) is 7.52. The van der Waals surface area contributed by atoms with Crippen LogP contribution in [0.5, 0.6) is 0 Å².